The molecule has 1 aromatic heterocycles. The molecule has 7 heteroatoms. The number of aryl methyl sites for hydroxylation is 1. The zero-order chi connectivity index (χ0) is 14.3. The van der Waals surface area contributed by atoms with Crippen LogP contribution in [0.15, 0.2) is 18.7 Å². The second-order valence-electron chi connectivity index (χ2n) is 4.61. The summed E-state index contributed by atoms with van der Waals surface area (Å²) in [5.74, 6) is -1.18. The van der Waals surface area contributed by atoms with E-state index in [0.717, 1.165) is 13.0 Å². The summed E-state index contributed by atoms with van der Waals surface area (Å²) in [5.41, 5.74) is 0. The third-order valence-electron chi connectivity index (χ3n) is 2.66. The number of urea groups is 1. The van der Waals surface area contributed by atoms with Crippen molar-refractivity contribution in [2.45, 2.75) is 32.9 Å². The Bertz CT molecular complexity index is 403. The van der Waals surface area contributed by atoms with Crippen LogP contribution in [-0.2, 0) is 11.3 Å². The molecule has 0 saturated carbocycles. The van der Waals surface area contributed by atoms with Crippen molar-refractivity contribution in [3.8, 4) is 0 Å². The van der Waals surface area contributed by atoms with Gasteiger partial charge in [0.25, 0.3) is 0 Å². The van der Waals surface area contributed by atoms with Crippen molar-refractivity contribution in [2.24, 2.45) is 5.92 Å². The van der Waals surface area contributed by atoms with E-state index in [1.165, 1.54) is 0 Å². The molecule has 1 atom stereocenters. The van der Waals surface area contributed by atoms with Gasteiger partial charge < -0.3 is 20.3 Å². The van der Waals surface area contributed by atoms with Gasteiger partial charge in [0, 0.05) is 25.5 Å². The Hall–Kier alpha value is -2.05. The van der Waals surface area contributed by atoms with Crippen molar-refractivity contribution in [3.63, 3.8) is 0 Å². The molecule has 106 valence electrons. The number of carbonyl (C=O) groups excluding carboxylic acids is 1. The quantitative estimate of drug-likeness (QED) is 0.634. The Morgan fingerprint density at radius 2 is 2.16 bits per heavy atom. The van der Waals surface area contributed by atoms with Gasteiger partial charge in [0.05, 0.1) is 6.33 Å². The minimum atomic E-state index is -1.02. The predicted octanol–water partition coefficient (Wildman–Crippen LogP) is 0.682. The normalized spacial score (nSPS) is 12.2. The van der Waals surface area contributed by atoms with Crippen LogP contribution in [0, 0.1) is 5.92 Å². The summed E-state index contributed by atoms with van der Waals surface area (Å²) in [6.45, 7) is 4.73. The van der Waals surface area contributed by atoms with E-state index in [-0.39, 0.29) is 5.92 Å². The van der Waals surface area contributed by atoms with Gasteiger partial charge >= 0.3 is 12.0 Å². The Labute approximate surface area is 112 Å². The Balaban J connectivity index is 2.21. The minimum Gasteiger partial charge on any atom is -0.480 e. The summed E-state index contributed by atoms with van der Waals surface area (Å²) in [4.78, 5) is 26.3. The summed E-state index contributed by atoms with van der Waals surface area (Å²) in [5, 5.41) is 14.0. The van der Waals surface area contributed by atoms with E-state index in [1.54, 1.807) is 26.4 Å². The number of rotatable bonds is 7. The van der Waals surface area contributed by atoms with Crippen LogP contribution in [0.25, 0.3) is 0 Å². The van der Waals surface area contributed by atoms with Crippen molar-refractivity contribution >= 4 is 12.0 Å². The van der Waals surface area contributed by atoms with Crippen molar-refractivity contribution in [3.05, 3.63) is 18.7 Å². The highest BCUT2D eigenvalue weighted by Gasteiger charge is 2.22. The number of aromatic nitrogens is 2. The maximum Gasteiger partial charge on any atom is 0.326 e. The van der Waals surface area contributed by atoms with Gasteiger partial charge in [-0.3, -0.25) is 0 Å². The average Bonchev–Trinajstić information content (AvgIpc) is 2.84. The first-order valence-electron chi connectivity index (χ1n) is 6.23. The number of imidazole rings is 1. The molecule has 0 radical (unpaired) electrons. The third-order valence-corrected chi connectivity index (χ3v) is 2.66. The standard InChI is InChI=1S/C12H20N4O3/c1-9(2)10(11(17)18)15-12(19)14-4-3-6-16-7-5-13-8-16/h5,7-10H,3-4,6H2,1-2H3,(H,17,18)(H2,14,15,19)/t10-/m1/s1. The highest BCUT2D eigenvalue weighted by molar-refractivity contribution is 5.82. The summed E-state index contributed by atoms with van der Waals surface area (Å²) in [7, 11) is 0. The summed E-state index contributed by atoms with van der Waals surface area (Å²) >= 11 is 0. The first-order valence-corrected chi connectivity index (χ1v) is 6.23. The molecule has 1 aromatic rings. The minimum absolute atomic E-state index is 0.158. The van der Waals surface area contributed by atoms with E-state index >= 15 is 0 Å². The second-order valence-corrected chi connectivity index (χ2v) is 4.61. The molecule has 0 saturated heterocycles. The van der Waals surface area contributed by atoms with E-state index in [0.29, 0.717) is 6.54 Å². The van der Waals surface area contributed by atoms with Crippen molar-refractivity contribution in [1.82, 2.24) is 20.2 Å². The molecule has 0 fully saturated rings. The van der Waals surface area contributed by atoms with Gasteiger partial charge in [0.1, 0.15) is 6.04 Å². The second kappa shape index (κ2) is 7.40. The maximum atomic E-state index is 11.5. The monoisotopic (exact) mass is 268 g/mol. The highest BCUT2D eigenvalue weighted by atomic mass is 16.4. The lowest BCUT2D eigenvalue weighted by Crippen LogP contribution is -2.48. The molecule has 0 spiro atoms. The van der Waals surface area contributed by atoms with E-state index in [2.05, 4.69) is 15.6 Å². The molecular formula is C12H20N4O3. The molecule has 3 N–H and O–H groups in total. The van der Waals surface area contributed by atoms with E-state index < -0.39 is 18.0 Å². The van der Waals surface area contributed by atoms with E-state index in [4.69, 9.17) is 5.11 Å². The molecule has 0 aromatic carbocycles. The Morgan fingerprint density at radius 3 is 2.68 bits per heavy atom. The largest absolute Gasteiger partial charge is 0.480 e. The summed E-state index contributed by atoms with van der Waals surface area (Å²) in [6, 6.07) is -1.32. The predicted molar refractivity (Wildman–Crippen MR) is 69.6 cm³/mol. The van der Waals surface area contributed by atoms with Crippen LogP contribution in [0.4, 0.5) is 4.79 Å². The molecule has 0 bridgehead atoms. The van der Waals surface area contributed by atoms with Crippen LogP contribution < -0.4 is 10.6 Å². The first-order chi connectivity index (χ1) is 9.00. The molecule has 0 unspecified atom stereocenters. The van der Waals surface area contributed by atoms with Crippen molar-refractivity contribution in [2.75, 3.05) is 6.54 Å². The Kier molecular flexibility index (Phi) is 5.84. The van der Waals surface area contributed by atoms with Crippen LogP contribution in [0.3, 0.4) is 0 Å². The molecule has 2 amide bonds. The molecule has 19 heavy (non-hydrogen) atoms. The number of nitrogens with one attached hydrogen (secondary N) is 2. The fraction of sp³-hybridized carbons (Fsp3) is 0.583. The molecule has 0 aliphatic heterocycles. The third kappa shape index (κ3) is 5.41. The fourth-order valence-electron chi connectivity index (χ4n) is 1.59. The zero-order valence-electron chi connectivity index (χ0n) is 11.2. The summed E-state index contributed by atoms with van der Waals surface area (Å²) in [6.07, 6.45) is 6.00. The fourth-order valence-corrected chi connectivity index (χ4v) is 1.59. The number of hydrogen-bond donors (Lipinski definition) is 3. The molecule has 1 heterocycles. The van der Waals surface area contributed by atoms with Gasteiger partial charge in [-0.25, -0.2) is 14.6 Å². The summed E-state index contributed by atoms with van der Waals surface area (Å²) < 4.78 is 1.91. The molecule has 1 rings (SSSR count). The van der Waals surface area contributed by atoms with E-state index in [1.807, 2.05) is 10.8 Å². The number of hydrogen-bond acceptors (Lipinski definition) is 3. The zero-order valence-corrected chi connectivity index (χ0v) is 11.2. The number of nitrogens with zero attached hydrogens (tertiary/aromatic N) is 2. The van der Waals surface area contributed by atoms with Crippen molar-refractivity contribution in [1.29, 1.82) is 0 Å². The van der Waals surface area contributed by atoms with Crippen LogP contribution in [0.5, 0.6) is 0 Å². The lowest BCUT2D eigenvalue weighted by atomic mass is 10.1. The number of carboxylic acids is 1. The van der Waals surface area contributed by atoms with Gasteiger partial charge in [0.2, 0.25) is 0 Å². The lowest BCUT2D eigenvalue weighted by Gasteiger charge is -2.18. The number of carboxylic acid groups (broad SMARTS) is 1. The van der Waals surface area contributed by atoms with Crippen LogP contribution in [-0.4, -0.2) is 39.2 Å². The SMILES string of the molecule is CC(C)[C@@H](NC(=O)NCCCn1ccnc1)C(=O)O. The van der Waals surface area contributed by atoms with Gasteiger partial charge in [-0.2, -0.15) is 0 Å². The van der Waals surface area contributed by atoms with E-state index in [9.17, 15) is 9.59 Å². The molecular weight excluding hydrogens is 248 g/mol. The highest BCUT2D eigenvalue weighted by Crippen LogP contribution is 2.01. The van der Waals surface area contributed by atoms with Crippen LogP contribution >= 0.6 is 0 Å². The molecule has 0 aliphatic rings. The number of aliphatic carboxylic acids is 1. The van der Waals surface area contributed by atoms with Crippen molar-refractivity contribution < 1.29 is 14.7 Å². The first kappa shape index (κ1) is 15.0. The van der Waals surface area contributed by atoms with Crippen LogP contribution in [0.1, 0.15) is 20.3 Å². The number of amides is 2. The average molecular weight is 268 g/mol. The Morgan fingerprint density at radius 1 is 1.42 bits per heavy atom. The van der Waals surface area contributed by atoms with Crippen LogP contribution in [0.2, 0.25) is 0 Å². The van der Waals surface area contributed by atoms with Gasteiger partial charge in [0.15, 0.2) is 0 Å². The maximum absolute atomic E-state index is 11.5. The van der Waals surface area contributed by atoms with Gasteiger partial charge in [-0.15, -0.1) is 0 Å². The topological polar surface area (TPSA) is 96.3 Å². The lowest BCUT2D eigenvalue weighted by molar-refractivity contribution is -0.140. The van der Waals surface area contributed by atoms with Gasteiger partial charge in [-0.05, 0) is 12.3 Å². The molecule has 7 nitrogen and oxygen atoms in total. The van der Waals surface area contributed by atoms with Gasteiger partial charge in [-0.1, -0.05) is 13.8 Å². The smallest absolute Gasteiger partial charge is 0.326 e. The number of carbonyl (C=O) groups is 2. The molecule has 0 aliphatic carbocycles.